The van der Waals surface area contributed by atoms with Crippen molar-refractivity contribution in [2.45, 2.75) is 69.8 Å². The molecule has 1 aromatic heterocycles. The van der Waals surface area contributed by atoms with Crippen molar-refractivity contribution in [2.24, 2.45) is 10.8 Å². The van der Waals surface area contributed by atoms with Crippen molar-refractivity contribution >= 4 is 11.8 Å². The van der Waals surface area contributed by atoms with Gasteiger partial charge in [-0.15, -0.1) is 0 Å². The molecule has 1 aromatic rings. The number of Topliss-reactive ketones (excluding diaryl/α,β-unsaturated/α-hetero) is 1. The van der Waals surface area contributed by atoms with E-state index in [9.17, 15) is 23.6 Å². The van der Waals surface area contributed by atoms with Gasteiger partial charge in [0.1, 0.15) is 0 Å². The number of carbonyl (C=O) groups excluding carboxylic acids is 2. The first kappa shape index (κ1) is 21.7. The van der Waals surface area contributed by atoms with Crippen molar-refractivity contribution in [3.05, 3.63) is 30.1 Å². The van der Waals surface area contributed by atoms with Gasteiger partial charge in [-0.3, -0.25) is 9.78 Å². The van der Waals surface area contributed by atoms with E-state index in [1.165, 1.54) is 25.2 Å². The molecule has 3 aliphatic rings. The fourth-order valence-corrected chi connectivity index (χ4v) is 4.45. The second kappa shape index (κ2) is 8.18. The average Bonchev–Trinajstić information content (AvgIpc) is 3.67. The highest BCUT2D eigenvalue weighted by Crippen LogP contribution is 2.53. The Morgan fingerprint density at radius 1 is 1.23 bits per heavy atom. The predicted octanol–water partition coefficient (Wildman–Crippen LogP) is 3.87. The number of hydrogen-bond donors (Lipinski definition) is 1. The largest absolute Gasteiger partial charge is 0.328 e. The van der Waals surface area contributed by atoms with Crippen LogP contribution in [0, 0.1) is 22.2 Å². The van der Waals surface area contributed by atoms with Gasteiger partial charge in [-0.25, -0.2) is 13.6 Å². The molecule has 1 spiro atoms. The van der Waals surface area contributed by atoms with E-state index in [1.54, 1.807) is 17.0 Å². The highest BCUT2D eigenvalue weighted by atomic mass is 19.3. The Hall–Kier alpha value is -2.56. The van der Waals surface area contributed by atoms with Crippen LogP contribution in [0.15, 0.2) is 24.5 Å². The summed E-state index contributed by atoms with van der Waals surface area (Å²) in [4.78, 5) is 31.2. The maximum Gasteiger partial charge on any atom is 0.317 e. The summed E-state index contributed by atoms with van der Waals surface area (Å²) < 4.78 is 29.7. The molecule has 0 unspecified atom stereocenters. The summed E-state index contributed by atoms with van der Waals surface area (Å²) in [7, 11) is 0. The zero-order valence-electron chi connectivity index (χ0n) is 17.6. The molecule has 31 heavy (non-hydrogen) atoms. The molecule has 4 rings (SSSR count). The lowest BCUT2D eigenvalue weighted by Crippen LogP contribution is -2.52. The zero-order valence-corrected chi connectivity index (χ0v) is 17.6. The monoisotopic (exact) mass is 430 g/mol. The van der Waals surface area contributed by atoms with E-state index >= 15 is 0 Å². The summed E-state index contributed by atoms with van der Waals surface area (Å²) in [5.41, 5.74) is 0.00210. The van der Waals surface area contributed by atoms with Crippen LogP contribution in [0.4, 0.5) is 13.6 Å². The number of urea groups is 1. The van der Waals surface area contributed by atoms with E-state index in [0.717, 1.165) is 12.8 Å². The number of pyridine rings is 1. The van der Waals surface area contributed by atoms with Gasteiger partial charge in [-0.05, 0) is 55.6 Å². The van der Waals surface area contributed by atoms with Gasteiger partial charge in [0, 0.05) is 44.7 Å². The Morgan fingerprint density at radius 2 is 1.94 bits per heavy atom. The van der Waals surface area contributed by atoms with Crippen molar-refractivity contribution in [2.75, 3.05) is 13.1 Å². The Morgan fingerprint density at radius 3 is 2.48 bits per heavy atom. The lowest BCUT2D eigenvalue weighted by atomic mass is 9.92. The molecule has 2 aliphatic carbocycles. The lowest BCUT2D eigenvalue weighted by Gasteiger charge is -2.33. The first-order valence-corrected chi connectivity index (χ1v) is 11.0. The number of nitrogens with zero attached hydrogens (tertiary/aromatic N) is 3. The van der Waals surface area contributed by atoms with E-state index in [2.05, 4.69) is 16.4 Å². The van der Waals surface area contributed by atoms with Crippen LogP contribution in [0.2, 0.25) is 0 Å². The van der Waals surface area contributed by atoms with Gasteiger partial charge in [0.05, 0.1) is 17.5 Å². The highest BCUT2D eigenvalue weighted by molar-refractivity contribution is 5.89. The Labute approximate surface area is 181 Å². The number of likely N-dealkylation sites (tertiary alicyclic amines) is 1. The number of alkyl halides is 2. The molecule has 0 aromatic carbocycles. The zero-order chi connectivity index (χ0) is 22.1. The van der Waals surface area contributed by atoms with E-state index in [-0.39, 0.29) is 6.42 Å². The molecule has 6 nitrogen and oxygen atoms in total. The maximum atomic E-state index is 14.8. The number of halogens is 2. The molecular weight excluding hydrogens is 402 g/mol. The van der Waals surface area contributed by atoms with Crippen LogP contribution in [0.25, 0.3) is 0 Å². The number of rotatable bonds is 8. The Bertz CT molecular complexity index is 865. The molecule has 1 N–H and O–H groups in total. The summed E-state index contributed by atoms with van der Waals surface area (Å²) in [6.45, 7) is 1.17. The molecule has 2 heterocycles. The van der Waals surface area contributed by atoms with E-state index in [1.807, 2.05) is 0 Å². The maximum absolute atomic E-state index is 14.8. The normalized spacial score (nSPS) is 21.8. The minimum atomic E-state index is -3.19. The molecule has 8 heteroatoms. The Kier molecular flexibility index (Phi) is 5.71. The molecule has 0 radical (unpaired) electrons. The minimum Gasteiger partial charge on any atom is -0.328 e. The first-order chi connectivity index (χ1) is 14.7. The standard InChI is InChI=1S/C23H28F2N4O2/c24-23(25,12-17-2-1-9-27-15-17)13-18(19(30)14-22(16-26)5-6-22)28-20(31)29-10-7-21(3-4-21)8-11-29/h1-2,9,15,18H,3-8,10-14H2,(H,28,31)/t18-/m0/s1. The average molecular weight is 430 g/mol. The number of nitrogens with one attached hydrogen (secondary N) is 1. The van der Waals surface area contributed by atoms with Gasteiger partial charge < -0.3 is 10.2 Å². The van der Waals surface area contributed by atoms with Crippen molar-refractivity contribution in [3.63, 3.8) is 0 Å². The van der Waals surface area contributed by atoms with Crippen molar-refractivity contribution in [1.29, 1.82) is 5.26 Å². The van der Waals surface area contributed by atoms with Gasteiger partial charge in [0.15, 0.2) is 5.78 Å². The van der Waals surface area contributed by atoms with Crippen LogP contribution in [0.3, 0.4) is 0 Å². The lowest BCUT2D eigenvalue weighted by molar-refractivity contribution is -0.124. The molecule has 3 fully saturated rings. The van der Waals surface area contributed by atoms with Crippen molar-refractivity contribution < 1.29 is 18.4 Å². The minimum absolute atomic E-state index is 0.0967. The van der Waals surface area contributed by atoms with Crippen LogP contribution < -0.4 is 5.32 Å². The molecule has 1 aliphatic heterocycles. The highest BCUT2D eigenvalue weighted by Gasteiger charge is 2.48. The molecule has 1 saturated heterocycles. The molecule has 0 bridgehead atoms. The van der Waals surface area contributed by atoms with E-state index < -0.39 is 42.0 Å². The number of aromatic nitrogens is 1. The molecular formula is C23H28F2N4O2. The number of nitriles is 1. The van der Waals surface area contributed by atoms with Crippen molar-refractivity contribution in [3.8, 4) is 6.07 Å². The van der Waals surface area contributed by atoms with Gasteiger partial charge in [-0.1, -0.05) is 6.07 Å². The van der Waals surface area contributed by atoms with Gasteiger partial charge in [-0.2, -0.15) is 5.26 Å². The summed E-state index contributed by atoms with van der Waals surface area (Å²) in [6.07, 6.45) is 6.87. The van der Waals surface area contributed by atoms with E-state index in [0.29, 0.717) is 36.9 Å². The third-order valence-corrected chi connectivity index (χ3v) is 7.05. The molecule has 1 atom stereocenters. The van der Waals surface area contributed by atoms with E-state index in [4.69, 9.17) is 0 Å². The second-order valence-electron chi connectivity index (χ2n) is 9.62. The number of amides is 2. The number of piperidine rings is 1. The van der Waals surface area contributed by atoms with Crippen molar-refractivity contribution in [1.82, 2.24) is 15.2 Å². The fourth-order valence-electron chi connectivity index (χ4n) is 4.45. The summed E-state index contributed by atoms with van der Waals surface area (Å²) >= 11 is 0. The first-order valence-electron chi connectivity index (χ1n) is 11.0. The van der Waals surface area contributed by atoms with Crippen LogP contribution in [-0.4, -0.2) is 46.8 Å². The van der Waals surface area contributed by atoms with Gasteiger partial charge in [0.25, 0.3) is 5.92 Å². The quantitative estimate of drug-likeness (QED) is 0.678. The second-order valence-corrected chi connectivity index (χ2v) is 9.62. The Balaban J connectivity index is 1.42. The predicted molar refractivity (Wildman–Crippen MR) is 109 cm³/mol. The van der Waals surface area contributed by atoms with Crippen LogP contribution >= 0.6 is 0 Å². The summed E-state index contributed by atoms with van der Waals surface area (Å²) in [6, 6.07) is 3.50. The third-order valence-electron chi connectivity index (χ3n) is 7.05. The third kappa shape index (κ3) is 5.38. The van der Waals surface area contributed by atoms with Crippen LogP contribution in [-0.2, 0) is 11.2 Å². The number of ketones is 1. The molecule has 166 valence electrons. The summed E-state index contributed by atoms with van der Waals surface area (Å²) in [5, 5.41) is 11.9. The topological polar surface area (TPSA) is 86.1 Å². The SMILES string of the molecule is N#CC1(CC(=O)[C@H](CC(F)(F)Cc2cccnc2)NC(=O)N2CCC3(CC2)CC3)CC1. The smallest absolute Gasteiger partial charge is 0.317 e. The van der Waals surface area contributed by atoms with Crippen LogP contribution in [0.5, 0.6) is 0 Å². The fraction of sp³-hybridized carbons (Fsp3) is 0.652. The molecule has 2 saturated carbocycles. The molecule has 2 amide bonds. The number of carbonyl (C=O) groups is 2. The van der Waals surface area contributed by atoms with Crippen LogP contribution in [0.1, 0.15) is 56.9 Å². The number of hydrogen-bond acceptors (Lipinski definition) is 4. The van der Waals surface area contributed by atoms with Gasteiger partial charge in [0.2, 0.25) is 0 Å². The summed E-state index contributed by atoms with van der Waals surface area (Å²) in [5.74, 6) is -3.69. The van der Waals surface area contributed by atoms with Gasteiger partial charge >= 0.3 is 6.03 Å².